The van der Waals surface area contributed by atoms with E-state index >= 15 is 0 Å². The normalized spacial score (nSPS) is 13.4. The van der Waals surface area contributed by atoms with Crippen LogP contribution in [0.4, 0.5) is 0 Å². The van der Waals surface area contributed by atoms with Gasteiger partial charge in [0.05, 0.1) is 11.0 Å². The number of aromatic nitrogens is 1. The summed E-state index contributed by atoms with van der Waals surface area (Å²) in [4.78, 5) is 2.54. The molecule has 0 bridgehead atoms. The highest BCUT2D eigenvalue weighted by molar-refractivity contribution is 8.00. The summed E-state index contributed by atoms with van der Waals surface area (Å²) < 4.78 is 9.03. The summed E-state index contributed by atoms with van der Waals surface area (Å²) >= 11 is 1.85. The van der Waals surface area contributed by atoms with Crippen molar-refractivity contribution in [1.29, 1.82) is 0 Å². The van der Waals surface area contributed by atoms with Crippen molar-refractivity contribution in [2.45, 2.75) is 9.79 Å². The Balaban J connectivity index is 1.48. The van der Waals surface area contributed by atoms with Crippen molar-refractivity contribution < 1.29 is 4.65 Å². The van der Waals surface area contributed by atoms with Crippen LogP contribution in [0, 0.1) is 0 Å². The van der Waals surface area contributed by atoms with Gasteiger partial charge in [-0.05, 0) is 52.9 Å². The molecule has 3 heterocycles. The van der Waals surface area contributed by atoms with Gasteiger partial charge in [-0.25, -0.2) is 0 Å². The highest BCUT2D eigenvalue weighted by atomic mass is 32.2. The average molecular weight is 451 g/mol. The summed E-state index contributed by atoms with van der Waals surface area (Å²) in [7, 11) is 0. The monoisotopic (exact) mass is 451 g/mol. The van der Waals surface area contributed by atoms with Gasteiger partial charge in [-0.1, -0.05) is 84.6 Å². The van der Waals surface area contributed by atoms with Gasteiger partial charge in [-0.3, -0.25) is 0 Å². The minimum absolute atomic E-state index is 0.0791. The average Bonchev–Trinajstić information content (AvgIpc) is 3.23. The van der Waals surface area contributed by atoms with Gasteiger partial charge in [0.25, 0.3) is 0 Å². The van der Waals surface area contributed by atoms with Crippen LogP contribution >= 0.6 is 11.8 Å². The molecule has 6 aromatic rings. The maximum Gasteiger partial charge on any atom is 0.429 e. The molecule has 0 N–H and O–H groups in total. The Morgan fingerprint density at radius 2 is 1.29 bits per heavy atom. The second-order valence-corrected chi connectivity index (χ2v) is 9.99. The first kappa shape index (κ1) is 18.5. The number of hydrogen-bond donors (Lipinski definition) is 0. The first-order valence-corrected chi connectivity index (χ1v) is 12.4. The molecule has 0 aliphatic carbocycles. The standard InChI is InChI=1S/C30H18BNOS/c1-5-13-25-20(9-1)21-10-2-6-14-26(21)32(25)19-17-23-22-11-3-7-15-27(22)33-31-24-12-4-8-16-28(24)34-29(18-19)30(23)31/h1-18H. The SMILES string of the molecule is c1ccc2c(c1)OB1c3ccccc3Sc3cc(-n4c5ccccc5c5ccccc54)cc-2c31. The van der Waals surface area contributed by atoms with E-state index in [-0.39, 0.29) is 6.92 Å². The summed E-state index contributed by atoms with van der Waals surface area (Å²) in [6.07, 6.45) is 0. The van der Waals surface area contributed by atoms with Crippen molar-refractivity contribution in [3.05, 3.63) is 109 Å². The Hall–Kier alpha value is -3.89. The van der Waals surface area contributed by atoms with E-state index in [0.29, 0.717) is 0 Å². The number of nitrogens with zero attached hydrogens (tertiary/aromatic N) is 1. The molecule has 0 amide bonds. The van der Waals surface area contributed by atoms with Crippen molar-refractivity contribution in [2.24, 2.45) is 0 Å². The lowest BCUT2D eigenvalue weighted by Gasteiger charge is -2.33. The van der Waals surface area contributed by atoms with Crippen LogP contribution in [-0.4, -0.2) is 11.5 Å². The van der Waals surface area contributed by atoms with Crippen molar-refractivity contribution in [3.8, 4) is 22.6 Å². The van der Waals surface area contributed by atoms with Gasteiger partial charge in [-0.15, -0.1) is 0 Å². The van der Waals surface area contributed by atoms with Crippen LogP contribution in [-0.2, 0) is 0 Å². The molecule has 0 radical (unpaired) electrons. The third-order valence-corrected chi connectivity index (χ3v) is 8.22. The molecular formula is C30H18BNOS. The van der Waals surface area contributed by atoms with Gasteiger partial charge in [0.1, 0.15) is 5.75 Å². The first-order chi connectivity index (χ1) is 16.9. The van der Waals surface area contributed by atoms with Gasteiger partial charge in [-0.2, -0.15) is 0 Å². The lowest BCUT2D eigenvalue weighted by atomic mass is 9.52. The third-order valence-electron chi connectivity index (χ3n) is 7.07. The molecule has 158 valence electrons. The summed E-state index contributed by atoms with van der Waals surface area (Å²) in [6.45, 7) is -0.0791. The zero-order valence-electron chi connectivity index (χ0n) is 18.2. The van der Waals surface area contributed by atoms with Gasteiger partial charge in [0, 0.05) is 31.8 Å². The van der Waals surface area contributed by atoms with Crippen molar-refractivity contribution >= 4 is 51.4 Å². The molecule has 0 unspecified atom stereocenters. The lowest BCUT2D eigenvalue weighted by Crippen LogP contribution is -2.53. The smallest absolute Gasteiger partial charge is 0.429 e. The van der Waals surface area contributed by atoms with E-state index in [1.807, 2.05) is 11.8 Å². The zero-order chi connectivity index (χ0) is 22.2. The molecule has 0 fully saturated rings. The number of fused-ring (bicyclic) bond motifs is 7. The highest BCUT2D eigenvalue weighted by Gasteiger charge is 2.39. The molecule has 1 aromatic heterocycles. The van der Waals surface area contributed by atoms with Crippen LogP contribution in [0.2, 0.25) is 0 Å². The fraction of sp³-hybridized carbons (Fsp3) is 0. The van der Waals surface area contributed by atoms with E-state index in [4.69, 9.17) is 4.65 Å². The molecule has 2 aliphatic rings. The Bertz CT molecular complexity index is 1730. The van der Waals surface area contributed by atoms with E-state index in [1.165, 1.54) is 53.8 Å². The Kier molecular flexibility index (Phi) is 3.71. The largest absolute Gasteiger partial charge is 0.551 e. The predicted octanol–water partition coefficient (Wildman–Crippen LogP) is 6.41. The van der Waals surface area contributed by atoms with Crippen LogP contribution in [0.25, 0.3) is 38.6 Å². The molecule has 4 heteroatoms. The lowest BCUT2D eigenvalue weighted by molar-refractivity contribution is 0.588. The van der Waals surface area contributed by atoms with Crippen LogP contribution in [0.5, 0.6) is 5.75 Å². The predicted molar refractivity (Wildman–Crippen MR) is 142 cm³/mol. The maximum atomic E-state index is 6.62. The molecule has 34 heavy (non-hydrogen) atoms. The summed E-state index contributed by atoms with van der Waals surface area (Å²) in [5.74, 6) is 0.951. The van der Waals surface area contributed by atoms with E-state index in [1.54, 1.807) is 0 Å². The molecule has 0 spiro atoms. The van der Waals surface area contributed by atoms with E-state index in [9.17, 15) is 0 Å². The van der Waals surface area contributed by atoms with Crippen LogP contribution in [0.3, 0.4) is 0 Å². The van der Waals surface area contributed by atoms with Gasteiger partial charge in [0.15, 0.2) is 0 Å². The first-order valence-electron chi connectivity index (χ1n) is 11.6. The van der Waals surface area contributed by atoms with Gasteiger partial charge < -0.3 is 9.22 Å². The van der Waals surface area contributed by atoms with Crippen LogP contribution in [0.15, 0.2) is 119 Å². The van der Waals surface area contributed by atoms with Gasteiger partial charge in [0.2, 0.25) is 0 Å². The number of benzene rings is 5. The Labute approximate surface area is 201 Å². The summed E-state index contributed by atoms with van der Waals surface area (Å²) in [6, 6.07) is 39.2. The fourth-order valence-electron chi connectivity index (χ4n) is 5.62. The molecule has 0 saturated carbocycles. The maximum absolute atomic E-state index is 6.62. The Morgan fingerprint density at radius 1 is 0.618 bits per heavy atom. The quantitative estimate of drug-likeness (QED) is 0.268. The molecule has 5 aromatic carbocycles. The number of rotatable bonds is 1. The van der Waals surface area contributed by atoms with Crippen LogP contribution < -0.4 is 15.6 Å². The molecule has 2 aliphatic heterocycles. The zero-order valence-corrected chi connectivity index (χ0v) is 19.0. The second-order valence-electron chi connectivity index (χ2n) is 8.91. The fourth-order valence-corrected chi connectivity index (χ4v) is 6.81. The number of hydrogen-bond acceptors (Lipinski definition) is 2. The molecule has 0 saturated heterocycles. The van der Waals surface area contributed by atoms with Crippen LogP contribution in [0.1, 0.15) is 0 Å². The minimum Gasteiger partial charge on any atom is -0.551 e. The summed E-state index contributed by atoms with van der Waals surface area (Å²) in [5, 5.41) is 2.56. The molecule has 2 nitrogen and oxygen atoms in total. The highest BCUT2D eigenvalue weighted by Crippen LogP contribution is 2.42. The van der Waals surface area contributed by atoms with E-state index < -0.39 is 0 Å². The van der Waals surface area contributed by atoms with Crippen molar-refractivity contribution in [2.75, 3.05) is 0 Å². The Morgan fingerprint density at radius 3 is 2.12 bits per heavy atom. The molecular weight excluding hydrogens is 433 g/mol. The molecule has 8 rings (SSSR count). The third kappa shape index (κ3) is 2.44. The molecule has 0 atom stereocenters. The second kappa shape index (κ2) is 6.81. The number of para-hydroxylation sites is 3. The minimum atomic E-state index is -0.0791. The van der Waals surface area contributed by atoms with Crippen molar-refractivity contribution in [3.63, 3.8) is 0 Å². The van der Waals surface area contributed by atoms with E-state index in [0.717, 1.165) is 11.3 Å². The summed E-state index contributed by atoms with van der Waals surface area (Å²) in [5.41, 5.74) is 8.62. The topological polar surface area (TPSA) is 14.2 Å². The van der Waals surface area contributed by atoms with Crippen molar-refractivity contribution in [1.82, 2.24) is 4.57 Å². The van der Waals surface area contributed by atoms with E-state index in [2.05, 4.69) is 114 Å². The van der Waals surface area contributed by atoms with Gasteiger partial charge >= 0.3 is 6.92 Å².